The van der Waals surface area contributed by atoms with Gasteiger partial charge in [0.25, 0.3) is 0 Å². The fraction of sp³-hybridized carbons (Fsp3) is 0.667. The number of ether oxygens (including phenoxy) is 2. The van der Waals surface area contributed by atoms with Crippen molar-refractivity contribution in [2.24, 2.45) is 5.92 Å². The first-order valence-electron chi connectivity index (χ1n) is 10.4. The molecule has 0 aromatic heterocycles. The first kappa shape index (κ1) is 19.5. The highest BCUT2D eigenvalue weighted by Crippen LogP contribution is 2.33. The molecule has 7 nitrogen and oxygen atoms in total. The lowest BCUT2D eigenvalue weighted by atomic mass is 9.99. The van der Waals surface area contributed by atoms with Crippen LogP contribution in [0.1, 0.15) is 30.9 Å². The lowest BCUT2D eigenvalue weighted by Crippen LogP contribution is -2.48. The van der Waals surface area contributed by atoms with Crippen LogP contribution >= 0.6 is 0 Å². The van der Waals surface area contributed by atoms with Gasteiger partial charge >= 0.3 is 0 Å². The van der Waals surface area contributed by atoms with E-state index in [4.69, 9.17) is 9.47 Å². The van der Waals surface area contributed by atoms with E-state index in [0.717, 1.165) is 38.2 Å². The molecule has 154 valence electrons. The fourth-order valence-electron chi connectivity index (χ4n) is 4.39. The van der Waals surface area contributed by atoms with Gasteiger partial charge in [0.2, 0.25) is 5.91 Å². The summed E-state index contributed by atoms with van der Waals surface area (Å²) < 4.78 is 11.2. The number of amides is 1. The number of benzene rings is 1. The number of fused-ring (bicyclic) bond motifs is 1. The van der Waals surface area contributed by atoms with Crippen LogP contribution in [0.15, 0.2) is 18.2 Å². The van der Waals surface area contributed by atoms with E-state index in [9.17, 15) is 9.90 Å². The summed E-state index contributed by atoms with van der Waals surface area (Å²) in [5.41, 5.74) is 0.747. The number of aliphatic hydroxyl groups excluding tert-OH is 1. The molecule has 4 rings (SSSR count). The van der Waals surface area contributed by atoms with E-state index in [1.165, 1.54) is 12.8 Å². The molecule has 3 aliphatic rings. The molecular weight excluding hydrogens is 358 g/mol. The van der Waals surface area contributed by atoms with Crippen LogP contribution < -0.4 is 14.8 Å². The molecular formula is C21H31N3O4. The average molecular weight is 389 g/mol. The Morgan fingerprint density at radius 2 is 1.96 bits per heavy atom. The largest absolute Gasteiger partial charge is 0.486 e. The van der Waals surface area contributed by atoms with Crippen molar-refractivity contribution in [1.29, 1.82) is 0 Å². The monoisotopic (exact) mass is 389 g/mol. The zero-order chi connectivity index (χ0) is 19.5. The van der Waals surface area contributed by atoms with Crippen LogP contribution in [0.2, 0.25) is 0 Å². The minimum Gasteiger partial charge on any atom is -0.486 e. The Balaban J connectivity index is 1.49. The molecule has 1 aromatic carbocycles. The molecule has 1 amide bonds. The Bertz CT molecular complexity index is 692. The highest BCUT2D eigenvalue weighted by atomic mass is 16.6. The predicted molar refractivity (Wildman–Crippen MR) is 106 cm³/mol. The highest BCUT2D eigenvalue weighted by molar-refractivity contribution is 5.79. The van der Waals surface area contributed by atoms with Crippen molar-refractivity contribution in [2.45, 2.75) is 31.4 Å². The van der Waals surface area contributed by atoms with Gasteiger partial charge in [-0.15, -0.1) is 0 Å². The molecule has 28 heavy (non-hydrogen) atoms. The summed E-state index contributed by atoms with van der Waals surface area (Å²) >= 11 is 0. The molecule has 2 N–H and O–H groups in total. The van der Waals surface area contributed by atoms with Crippen molar-refractivity contribution in [1.82, 2.24) is 15.1 Å². The van der Waals surface area contributed by atoms with Gasteiger partial charge in [0, 0.05) is 13.1 Å². The summed E-state index contributed by atoms with van der Waals surface area (Å²) in [4.78, 5) is 17.3. The topological polar surface area (TPSA) is 74.3 Å². The van der Waals surface area contributed by atoms with Crippen molar-refractivity contribution in [2.75, 3.05) is 53.0 Å². The Labute approximate surface area is 166 Å². The van der Waals surface area contributed by atoms with E-state index in [0.29, 0.717) is 31.3 Å². The van der Waals surface area contributed by atoms with Crippen LogP contribution in [-0.4, -0.2) is 79.8 Å². The van der Waals surface area contributed by atoms with Crippen molar-refractivity contribution in [3.05, 3.63) is 23.8 Å². The normalized spacial score (nSPS) is 24.9. The lowest BCUT2D eigenvalue weighted by molar-refractivity contribution is -0.126. The molecule has 2 saturated heterocycles. The maximum absolute atomic E-state index is 12.8. The summed E-state index contributed by atoms with van der Waals surface area (Å²) in [6.07, 6.45) is 2.43. The fourth-order valence-corrected chi connectivity index (χ4v) is 4.39. The highest BCUT2D eigenvalue weighted by Gasteiger charge is 2.32. The van der Waals surface area contributed by atoms with Gasteiger partial charge in [-0.2, -0.15) is 0 Å². The molecule has 0 bridgehead atoms. The van der Waals surface area contributed by atoms with E-state index in [2.05, 4.69) is 15.1 Å². The third-order valence-electron chi connectivity index (χ3n) is 6.03. The third-order valence-corrected chi connectivity index (χ3v) is 6.03. The predicted octanol–water partition coefficient (Wildman–Crippen LogP) is 1.02. The molecule has 3 unspecified atom stereocenters. The van der Waals surface area contributed by atoms with E-state index >= 15 is 0 Å². The number of carbonyl (C=O) groups is 1. The lowest BCUT2D eigenvalue weighted by Gasteiger charge is -2.30. The second-order valence-corrected chi connectivity index (χ2v) is 8.22. The van der Waals surface area contributed by atoms with Crippen LogP contribution in [0, 0.1) is 5.92 Å². The van der Waals surface area contributed by atoms with Gasteiger partial charge in [0.15, 0.2) is 11.5 Å². The number of nitrogens with zero attached hydrogens (tertiary/aromatic N) is 2. The molecule has 3 aliphatic heterocycles. The average Bonchev–Trinajstić information content (AvgIpc) is 3.38. The van der Waals surface area contributed by atoms with Crippen molar-refractivity contribution >= 4 is 5.91 Å². The summed E-state index contributed by atoms with van der Waals surface area (Å²) in [5, 5.41) is 14.3. The van der Waals surface area contributed by atoms with Gasteiger partial charge in [-0.25, -0.2) is 0 Å². The molecule has 3 atom stereocenters. The number of carbonyl (C=O) groups excluding carboxylic acids is 1. The molecule has 3 heterocycles. The van der Waals surface area contributed by atoms with Gasteiger partial charge in [-0.1, -0.05) is 6.07 Å². The Hall–Kier alpha value is -1.83. The Morgan fingerprint density at radius 1 is 1.21 bits per heavy atom. The molecule has 0 spiro atoms. The molecule has 1 aromatic rings. The minimum absolute atomic E-state index is 0.00135. The first-order chi connectivity index (χ1) is 13.6. The van der Waals surface area contributed by atoms with Crippen molar-refractivity contribution in [3.8, 4) is 11.5 Å². The molecule has 0 aliphatic carbocycles. The maximum atomic E-state index is 12.8. The van der Waals surface area contributed by atoms with Crippen LogP contribution in [0.25, 0.3) is 0 Å². The van der Waals surface area contributed by atoms with Crippen LogP contribution in [-0.2, 0) is 4.79 Å². The van der Waals surface area contributed by atoms with Crippen molar-refractivity contribution < 1.29 is 19.4 Å². The second kappa shape index (κ2) is 8.68. The molecule has 0 radical (unpaired) electrons. The van der Waals surface area contributed by atoms with Crippen LogP contribution in [0.3, 0.4) is 0 Å². The summed E-state index contributed by atoms with van der Waals surface area (Å²) in [6, 6.07) is 5.20. The number of likely N-dealkylation sites (tertiary alicyclic amines) is 2. The van der Waals surface area contributed by atoms with Gasteiger partial charge in [-0.3, -0.25) is 4.79 Å². The number of nitrogens with one attached hydrogen (secondary N) is 1. The standard InChI is InChI=1S/C21H31N3O4/c1-23-9-6-16(13-23)21(26)22-17(14-24-7-2-3-8-24)20(25)15-4-5-18-19(12-15)28-11-10-27-18/h4-5,12,16-17,20,25H,2-3,6-11,13-14H2,1H3,(H,22,26). The summed E-state index contributed by atoms with van der Waals surface area (Å²) in [5.74, 6) is 1.41. The van der Waals surface area contributed by atoms with E-state index in [1.54, 1.807) is 0 Å². The molecule has 0 saturated carbocycles. The third kappa shape index (κ3) is 4.42. The number of hydrogen-bond acceptors (Lipinski definition) is 6. The Morgan fingerprint density at radius 3 is 2.68 bits per heavy atom. The van der Waals surface area contributed by atoms with Gasteiger partial charge < -0.3 is 29.7 Å². The van der Waals surface area contributed by atoms with Gasteiger partial charge in [-0.05, 0) is 63.6 Å². The van der Waals surface area contributed by atoms with Gasteiger partial charge in [0.1, 0.15) is 19.3 Å². The summed E-state index contributed by atoms with van der Waals surface area (Å²) in [7, 11) is 2.04. The number of rotatable bonds is 6. The minimum atomic E-state index is -0.792. The van der Waals surface area contributed by atoms with Crippen LogP contribution in [0.5, 0.6) is 11.5 Å². The zero-order valence-electron chi connectivity index (χ0n) is 16.6. The maximum Gasteiger partial charge on any atom is 0.224 e. The molecule has 7 heteroatoms. The SMILES string of the molecule is CN1CCC(C(=O)NC(CN2CCCC2)C(O)c2ccc3c(c2)OCCO3)C1. The molecule has 2 fully saturated rings. The number of hydrogen-bond donors (Lipinski definition) is 2. The zero-order valence-corrected chi connectivity index (χ0v) is 16.6. The van der Waals surface area contributed by atoms with Gasteiger partial charge in [0.05, 0.1) is 12.0 Å². The number of aliphatic hydroxyl groups is 1. The second-order valence-electron chi connectivity index (χ2n) is 8.22. The van der Waals surface area contributed by atoms with Crippen LogP contribution in [0.4, 0.5) is 0 Å². The Kier molecular flexibility index (Phi) is 6.04. The summed E-state index contributed by atoms with van der Waals surface area (Å²) in [6.45, 7) is 5.47. The van der Waals surface area contributed by atoms with E-state index < -0.39 is 6.10 Å². The quantitative estimate of drug-likeness (QED) is 0.757. The van der Waals surface area contributed by atoms with Crippen molar-refractivity contribution in [3.63, 3.8) is 0 Å². The first-order valence-corrected chi connectivity index (χ1v) is 10.4. The van der Waals surface area contributed by atoms with E-state index in [1.807, 2.05) is 25.2 Å². The smallest absolute Gasteiger partial charge is 0.224 e. The van der Waals surface area contributed by atoms with E-state index in [-0.39, 0.29) is 17.9 Å².